The van der Waals surface area contributed by atoms with Crippen LogP contribution >= 0.6 is 0 Å². The van der Waals surface area contributed by atoms with Crippen LogP contribution < -0.4 is 5.43 Å². The SMILES string of the molecule is O=C(N/N=C/c1cccc(O)c1)C1CC(=O)N(Cc2ccco2)C1. The molecule has 0 aliphatic carbocycles. The molecule has 2 heterocycles. The van der Waals surface area contributed by atoms with Gasteiger partial charge >= 0.3 is 0 Å². The summed E-state index contributed by atoms with van der Waals surface area (Å²) < 4.78 is 5.22. The summed E-state index contributed by atoms with van der Waals surface area (Å²) in [5.41, 5.74) is 3.10. The first kappa shape index (κ1) is 15.8. The number of benzene rings is 1. The molecule has 1 atom stereocenters. The maximum absolute atomic E-state index is 12.1. The minimum Gasteiger partial charge on any atom is -0.508 e. The number of likely N-dealkylation sites (tertiary alicyclic amines) is 1. The number of nitrogens with zero attached hydrogens (tertiary/aromatic N) is 2. The second-order valence-corrected chi connectivity index (χ2v) is 5.58. The van der Waals surface area contributed by atoms with E-state index in [4.69, 9.17) is 4.42 Å². The van der Waals surface area contributed by atoms with Crippen LogP contribution in [0.3, 0.4) is 0 Å². The first-order chi connectivity index (χ1) is 11.6. The molecule has 1 aromatic heterocycles. The Morgan fingerprint density at radius 3 is 3.04 bits per heavy atom. The van der Waals surface area contributed by atoms with E-state index in [0.29, 0.717) is 24.4 Å². The lowest BCUT2D eigenvalue weighted by atomic mass is 10.1. The van der Waals surface area contributed by atoms with E-state index in [1.54, 1.807) is 41.5 Å². The minimum absolute atomic E-state index is 0.0801. The Morgan fingerprint density at radius 2 is 2.29 bits per heavy atom. The number of carbonyl (C=O) groups is 2. The average molecular weight is 327 g/mol. The Morgan fingerprint density at radius 1 is 1.42 bits per heavy atom. The third kappa shape index (κ3) is 3.81. The average Bonchev–Trinajstić information content (AvgIpc) is 3.18. The predicted molar refractivity (Wildman–Crippen MR) is 86.1 cm³/mol. The van der Waals surface area contributed by atoms with Crippen LogP contribution in [-0.4, -0.2) is 34.6 Å². The number of hydrazone groups is 1. The van der Waals surface area contributed by atoms with Gasteiger partial charge in [0.15, 0.2) is 0 Å². The normalized spacial score (nSPS) is 17.6. The van der Waals surface area contributed by atoms with Crippen LogP contribution in [0.4, 0.5) is 0 Å². The van der Waals surface area contributed by atoms with Crippen molar-refractivity contribution in [1.29, 1.82) is 0 Å². The second-order valence-electron chi connectivity index (χ2n) is 5.58. The molecular formula is C17H17N3O4. The number of hydrogen-bond acceptors (Lipinski definition) is 5. The van der Waals surface area contributed by atoms with E-state index in [0.717, 1.165) is 0 Å². The van der Waals surface area contributed by atoms with E-state index < -0.39 is 5.92 Å². The predicted octanol–water partition coefficient (Wildman–Crippen LogP) is 1.48. The van der Waals surface area contributed by atoms with Gasteiger partial charge in [-0.25, -0.2) is 5.43 Å². The highest BCUT2D eigenvalue weighted by Crippen LogP contribution is 2.20. The van der Waals surface area contributed by atoms with E-state index in [9.17, 15) is 14.7 Å². The van der Waals surface area contributed by atoms with E-state index in [1.165, 1.54) is 12.3 Å². The quantitative estimate of drug-likeness (QED) is 0.642. The van der Waals surface area contributed by atoms with Crippen molar-refractivity contribution >= 4 is 18.0 Å². The fraction of sp³-hybridized carbons (Fsp3) is 0.235. The van der Waals surface area contributed by atoms with Crippen molar-refractivity contribution in [2.75, 3.05) is 6.54 Å². The Labute approximate surface area is 138 Å². The fourth-order valence-corrected chi connectivity index (χ4v) is 2.56. The van der Waals surface area contributed by atoms with Crippen LogP contribution in [0.2, 0.25) is 0 Å². The first-order valence-electron chi connectivity index (χ1n) is 7.54. The van der Waals surface area contributed by atoms with Gasteiger partial charge in [0.25, 0.3) is 0 Å². The van der Waals surface area contributed by atoms with Crippen molar-refractivity contribution in [3.05, 3.63) is 54.0 Å². The Hall–Kier alpha value is -3.09. The van der Waals surface area contributed by atoms with Crippen molar-refractivity contribution < 1.29 is 19.1 Å². The zero-order valence-corrected chi connectivity index (χ0v) is 12.9. The molecule has 7 heteroatoms. The third-order valence-electron chi connectivity index (χ3n) is 3.77. The molecule has 124 valence electrons. The van der Waals surface area contributed by atoms with Crippen molar-refractivity contribution in [2.24, 2.45) is 11.0 Å². The lowest BCUT2D eigenvalue weighted by Crippen LogP contribution is -2.30. The van der Waals surface area contributed by atoms with Crippen molar-refractivity contribution in [1.82, 2.24) is 10.3 Å². The lowest BCUT2D eigenvalue weighted by Gasteiger charge is -2.14. The van der Waals surface area contributed by atoms with Gasteiger partial charge in [0.2, 0.25) is 11.8 Å². The molecular weight excluding hydrogens is 310 g/mol. The third-order valence-corrected chi connectivity index (χ3v) is 3.77. The summed E-state index contributed by atoms with van der Waals surface area (Å²) >= 11 is 0. The number of phenolic OH excluding ortho intramolecular Hbond substituents is 1. The molecule has 7 nitrogen and oxygen atoms in total. The van der Waals surface area contributed by atoms with E-state index in [1.807, 2.05) is 0 Å². The molecule has 0 saturated carbocycles. The summed E-state index contributed by atoms with van der Waals surface area (Å²) in [5, 5.41) is 13.2. The molecule has 0 bridgehead atoms. The van der Waals surface area contributed by atoms with Gasteiger partial charge < -0.3 is 14.4 Å². The van der Waals surface area contributed by atoms with Gasteiger partial charge in [-0.3, -0.25) is 9.59 Å². The number of hydrogen-bond donors (Lipinski definition) is 2. The molecule has 24 heavy (non-hydrogen) atoms. The van der Waals surface area contributed by atoms with Gasteiger partial charge in [-0.2, -0.15) is 5.10 Å². The molecule has 0 radical (unpaired) electrons. The topological polar surface area (TPSA) is 95.1 Å². The number of rotatable bonds is 5. The molecule has 0 spiro atoms. The summed E-state index contributed by atoms with van der Waals surface area (Å²) in [6.45, 7) is 0.704. The van der Waals surface area contributed by atoms with Crippen LogP contribution in [0.5, 0.6) is 5.75 Å². The molecule has 1 unspecified atom stereocenters. The number of nitrogens with one attached hydrogen (secondary N) is 1. The number of amides is 2. The highest BCUT2D eigenvalue weighted by atomic mass is 16.3. The molecule has 2 aromatic rings. The molecule has 1 aliphatic rings. The summed E-state index contributed by atoms with van der Waals surface area (Å²) in [6, 6.07) is 10.1. The second kappa shape index (κ2) is 6.99. The van der Waals surface area contributed by atoms with Crippen molar-refractivity contribution in [3.8, 4) is 5.75 Å². The zero-order valence-electron chi connectivity index (χ0n) is 12.9. The summed E-state index contributed by atoms with van der Waals surface area (Å²) in [6.07, 6.45) is 3.15. The molecule has 1 aliphatic heterocycles. The fourth-order valence-electron chi connectivity index (χ4n) is 2.56. The largest absolute Gasteiger partial charge is 0.508 e. The monoisotopic (exact) mass is 327 g/mol. The molecule has 2 amide bonds. The van der Waals surface area contributed by atoms with Crippen LogP contribution in [0.1, 0.15) is 17.7 Å². The van der Waals surface area contributed by atoms with Crippen molar-refractivity contribution in [3.63, 3.8) is 0 Å². The van der Waals surface area contributed by atoms with Gasteiger partial charge in [-0.1, -0.05) is 12.1 Å². The van der Waals surface area contributed by atoms with Crippen LogP contribution in [0, 0.1) is 5.92 Å². The standard InChI is InChI=1S/C17H17N3O4/c21-14-4-1-3-12(7-14)9-18-19-17(23)13-8-16(22)20(10-13)11-15-5-2-6-24-15/h1-7,9,13,21H,8,10-11H2,(H,19,23)/b18-9+. The van der Waals surface area contributed by atoms with Gasteiger partial charge in [-0.05, 0) is 29.8 Å². The maximum atomic E-state index is 12.1. The van der Waals surface area contributed by atoms with E-state index >= 15 is 0 Å². The van der Waals surface area contributed by atoms with Gasteiger partial charge in [0.1, 0.15) is 11.5 Å². The van der Waals surface area contributed by atoms with Crippen LogP contribution in [0.25, 0.3) is 0 Å². The molecule has 3 rings (SSSR count). The van der Waals surface area contributed by atoms with Gasteiger partial charge in [0, 0.05) is 13.0 Å². The van der Waals surface area contributed by atoms with Crippen LogP contribution in [0.15, 0.2) is 52.2 Å². The minimum atomic E-state index is -0.436. The van der Waals surface area contributed by atoms with Crippen LogP contribution in [-0.2, 0) is 16.1 Å². The lowest BCUT2D eigenvalue weighted by molar-refractivity contribution is -0.129. The summed E-state index contributed by atoms with van der Waals surface area (Å²) in [4.78, 5) is 25.7. The zero-order chi connectivity index (χ0) is 16.9. The Kier molecular flexibility index (Phi) is 4.60. The van der Waals surface area contributed by atoms with Gasteiger partial charge in [0.05, 0.1) is 24.9 Å². The molecule has 1 fully saturated rings. The van der Waals surface area contributed by atoms with E-state index in [-0.39, 0.29) is 24.0 Å². The number of aromatic hydroxyl groups is 1. The summed E-state index contributed by atoms with van der Waals surface area (Å²) in [7, 11) is 0. The number of phenols is 1. The smallest absolute Gasteiger partial charge is 0.245 e. The molecule has 1 aromatic carbocycles. The number of carbonyl (C=O) groups excluding carboxylic acids is 2. The Bertz CT molecular complexity index is 755. The van der Waals surface area contributed by atoms with E-state index in [2.05, 4.69) is 10.5 Å². The maximum Gasteiger partial charge on any atom is 0.245 e. The highest BCUT2D eigenvalue weighted by Gasteiger charge is 2.34. The number of furan rings is 1. The van der Waals surface area contributed by atoms with Gasteiger partial charge in [-0.15, -0.1) is 0 Å². The first-order valence-corrected chi connectivity index (χ1v) is 7.54. The Balaban J connectivity index is 1.53. The molecule has 2 N–H and O–H groups in total. The van der Waals surface area contributed by atoms with Crippen molar-refractivity contribution in [2.45, 2.75) is 13.0 Å². The molecule has 1 saturated heterocycles. The summed E-state index contributed by atoms with van der Waals surface area (Å²) in [5.74, 6) is -0.00875. The highest BCUT2D eigenvalue weighted by molar-refractivity contribution is 5.90.